The Balaban J connectivity index is 1.25. The van der Waals surface area contributed by atoms with Gasteiger partial charge < -0.3 is 20.4 Å². The summed E-state index contributed by atoms with van der Waals surface area (Å²) in [4.78, 5) is 40.6. The number of benzene rings is 2. The predicted octanol–water partition coefficient (Wildman–Crippen LogP) is 5.17. The largest absolute Gasteiger partial charge is 0.469 e. The molecule has 0 bridgehead atoms. The van der Waals surface area contributed by atoms with Gasteiger partial charge in [-0.1, -0.05) is 18.6 Å². The third-order valence-electron chi connectivity index (χ3n) is 7.75. The smallest absolute Gasteiger partial charge is 0.308 e. The third kappa shape index (κ3) is 4.95. The Morgan fingerprint density at radius 1 is 0.973 bits per heavy atom. The lowest BCUT2D eigenvalue weighted by molar-refractivity contribution is -0.147. The number of carbonyl (C=O) groups excluding carboxylic acids is 3. The maximum Gasteiger partial charge on any atom is 0.308 e. The molecule has 5 rings (SSSR count). The minimum absolute atomic E-state index is 0.0302. The number of nitrogens with one attached hydrogen (secondary N) is 3. The minimum atomic E-state index is -0.985. The van der Waals surface area contributed by atoms with Crippen molar-refractivity contribution in [1.29, 1.82) is 0 Å². The highest BCUT2D eigenvalue weighted by molar-refractivity contribution is 6.06. The summed E-state index contributed by atoms with van der Waals surface area (Å²) in [6.07, 6.45) is 5.47. The van der Waals surface area contributed by atoms with Crippen LogP contribution in [0.3, 0.4) is 0 Å². The molecule has 7 nitrogen and oxygen atoms in total. The number of amides is 2. The van der Waals surface area contributed by atoms with E-state index in [9.17, 15) is 23.2 Å². The summed E-state index contributed by atoms with van der Waals surface area (Å²) in [5, 5.41) is 6.45. The fourth-order valence-corrected chi connectivity index (χ4v) is 5.48. The number of halogens is 2. The van der Waals surface area contributed by atoms with E-state index in [1.807, 2.05) is 12.1 Å². The number of hydrogen-bond acceptors (Lipinski definition) is 4. The molecule has 0 aliphatic heterocycles. The average Bonchev–Trinajstić information content (AvgIpc) is 3.29. The normalized spacial score (nSPS) is 20.6. The number of fused-ring (bicyclic) bond motifs is 1. The molecule has 3 N–H and O–H groups in total. The van der Waals surface area contributed by atoms with E-state index >= 15 is 0 Å². The lowest BCUT2D eigenvalue weighted by atomic mass is 9.71. The molecular formula is C28H29F2N3O4. The van der Waals surface area contributed by atoms with Crippen molar-refractivity contribution in [2.75, 3.05) is 12.4 Å². The number of aromatic nitrogens is 1. The number of methoxy groups -OCH3 is 1. The molecule has 2 amide bonds. The van der Waals surface area contributed by atoms with Gasteiger partial charge in [0.05, 0.1) is 18.6 Å². The Kier molecular flexibility index (Phi) is 6.70. The molecule has 3 aromatic rings. The summed E-state index contributed by atoms with van der Waals surface area (Å²) < 4.78 is 31.9. The van der Waals surface area contributed by atoms with Crippen molar-refractivity contribution in [3.8, 4) is 0 Å². The number of aromatic amines is 1. The van der Waals surface area contributed by atoms with E-state index in [1.54, 1.807) is 12.1 Å². The molecule has 194 valence electrons. The van der Waals surface area contributed by atoms with Gasteiger partial charge in [0.25, 0.3) is 5.91 Å². The van der Waals surface area contributed by atoms with Crippen LogP contribution in [-0.2, 0) is 19.9 Å². The minimum Gasteiger partial charge on any atom is -0.469 e. The molecule has 9 heteroatoms. The van der Waals surface area contributed by atoms with Gasteiger partial charge in [-0.05, 0) is 68.4 Å². The Hall–Kier alpha value is -3.75. The Labute approximate surface area is 213 Å². The number of hydrogen-bond donors (Lipinski definition) is 3. The number of esters is 1. The molecule has 1 heterocycles. The highest BCUT2D eigenvalue weighted by atomic mass is 19.2. The van der Waals surface area contributed by atoms with Gasteiger partial charge in [-0.15, -0.1) is 0 Å². The van der Waals surface area contributed by atoms with E-state index in [0.29, 0.717) is 23.0 Å². The molecule has 2 saturated carbocycles. The number of carbonyl (C=O) groups is 3. The van der Waals surface area contributed by atoms with E-state index in [2.05, 4.69) is 15.6 Å². The summed E-state index contributed by atoms with van der Waals surface area (Å²) in [7, 11) is 1.38. The van der Waals surface area contributed by atoms with Crippen LogP contribution >= 0.6 is 0 Å². The van der Waals surface area contributed by atoms with E-state index in [1.165, 1.54) is 13.2 Å². The summed E-state index contributed by atoms with van der Waals surface area (Å²) in [6, 6.07) is 10.9. The Bertz CT molecular complexity index is 1310. The van der Waals surface area contributed by atoms with Crippen LogP contribution in [0.5, 0.6) is 0 Å². The van der Waals surface area contributed by atoms with Crippen LogP contribution in [0.15, 0.2) is 42.5 Å². The van der Waals surface area contributed by atoms with Gasteiger partial charge in [0.2, 0.25) is 5.91 Å². The third-order valence-corrected chi connectivity index (χ3v) is 7.75. The van der Waals surface area contributed by atoms with Crippen LogP contribution in [0, 0.1) is 23.5 Å². The molecule has 2 unspecified atom stereocenters. The van der Waals surface area contributed by atoms with Crippen LogP contribution in [-0.4, -0.2) is 29.9 Å². The highest BCUT2D eigenvalue weighted by Crippen LogP contribution is 2.42. The molecule has 0 radical (unpaired) electrons. The molecule has 37 heavy (non-hydrogen) atoms. The molecule has 2 atom stereocenters. The quantitative estimate of drug-likeness (QED) is 0.399. The van der Waals surface area contributed by atoms with Crippen molar-refractivity contribution < 1.29 is 27.9 Å². The summed E-state index contributed by atoms with van der Waals surface area (Å²) in [5.41, 5.74) is 1.58. The van der Waals surface area contributed by atoms with Gasteiger partial charge in [-0.3, -0.25) is 14.4 Å². The second-order valence-electron chi connectivity index (χ2n) is 10.1. The van der Waals surface area contributed by atoms with Crippen molar-refractivity contribution in [2.24, 2.45) is 11.8 Å². The van der Waals surface area contributed by atoms with Crippen LogP contribution < -0.4 is 10.6 Å². The van der Waals surface area contributed by atoms with Crippen molar-refractivity contribution >= 4 is 34.4 Å². The van der Waals surface area contributed by atoms with Crippen LogP contribution in [0.2, 0.25) is 0 Å². The van der Waals surface area contributed by atoms with Gasteiger partial charge in [0.1, 0.15) is 5.69 Å². The number of ether oxygens (including phenoxy) is 1. The fourth-order valence-electron chi connectivity index (χ4n) is 5.48. The van der Waals surface area contributed by atoms with Crippen molar-refractivity contribution in [3.63, 3.8) is 0 Å². The molecular weight excluding hydrogens is 480 g/mol. The second kappa shape index (κ2) is 9.95. The van der Waals surface area contributed by atoms with E-state index in [-0.39, 0.29) is 29.4 Å². The number of rotatable bonds is 6. The first-order valence-electron chi connectivity index (χ1n) is 12.6. The van der Waals surface area contributed by atoms with Gasteiger partial charge in [0, 0.05) is 28.6 Å². The zero-order chi connectivity index (χ0) is 26.2. The molecule has 0 saturated heterocycles. The standard InChI is InChI=1S/C28H29F2N3O4/c1-37-27(36)17-5-2-4-16(12-17)25(34)33-28(10-3-11-28)19-6-8-20(9-7-19)31-26(35)24-14-18-13-21(29)22(30)15-23(18)32-24/h6-9,13-17,32H,2-5,10-12H2,1H3,(H,31,35)(H,33,34). The van der Waals surface area contributed by atoms with Crippen molar-refractivity contribution in [1.82, 2.24) is 10.3 Å². The lowest BCUT2D eigenvalue weighted by Gasteiger charge is -2.44. The van der Waals surface area contributed by atoms with Crippen LogP contribution in [0.25, 0.3) is 10.9 Å². The second-order valence-corrected chi connectivity index (χ2v) is 10.1. The highest BCUT2D eigenvalue weighted by Gasteiger charge is 2.42. The lowest BCUT2D eigenvalue weighted by Crippen LogP contribution is -2.53. The number of H-pyrrole nitrogens is 1. The number of anilines is 1. The first-order valence-corrected chi connectivity index (χ1v) is 12.6. The monoisotopic (exact) mass is 509 g/mol. The first-order chi connectivity index (χ1) is 17.8. The van der Waals surface area contributed by atoms with E-state index in [4.69, 9.17) is 4.74 Å². The maximum absolute atomic E-state index is 13.5. The van der Waals surface area contributed by atoms with E-state index < -0.39 is 23.1 Å². The molecule has 2 aliphatic rings. The maximum atomic E-state index is 13.5. The first kappa shape index (κ1) is 24.9. The van der Waals surface area contributed by atoms with Crippen molar-refractivity contribution in [3.05, 3.63) is 65.4 Å². The Morgan fingerprint density at radius 3 is 2.35 bits per heavy atom. The average molecular weight is 510 g/mol. The predicted molar refractivity (Wildman–Crippen MR) is 134 cm³/mol. The molecule has 2 fully saturated rings. The molecule has 0 spiro atoms. The van der Waals surface area contributed by atoms with Crippen molar-refractivity contribution in [2.45, 2.75) is 50.5 Å². The zero-order valence-corrected chi connectivity index (χ0v) is 20.5. The molecule has 2 aliphatic carbocycles. The Morgan fingerprint density at radius 2 is 1.68 bits per heavy atom. The summed E-state index contributed by atoms with van der Waals surface area (Å²) >= 11 is 0. The zero-order valence-electron chi connectivity index (χ0n) is 20.5. The SMILES string of the molecule is COC(=O)C1CCCC(C(=O)NC2(c3ccc(NC(=O)c4cc5cc(F)c(F)cc5[nH]4)cc3)CCC2)C1. The van der Waals surface area contributed by atoms with Gasteiger partial charge in [-0.25, -0.2) is 8.78 Å². The van der Waals surface area contributed by atoms with Crippen LogP contribution in [0.4, 0.5) is 14.5 Å². The summed E-state index contributed by atoms with van der Waals surface area (Å²) in [6.45, 7) is 0. The molecule has 1 aromatic heterocycles. The van der Waals surface area contributed by atoms with Gasteiger partial charge >= 0.3 is 5.97 Å². The topological polar surface area (TPSA) is 100 Å². The summed E-state index contributed by atoms with van der Waals surface area (Å²) in [5.74, 6) is -3.12. The van der Waals surface area contributed by atoms with Crippen LogP contribution in [0.1, 0.15) is 61.0 Å². The fraction of sp³-hybridized carbons (Fsp3) is 0.393. The van der Waals surface area contributed by atoms with Gasteiger partial charge in [-0.2, -0.15) is 0 Å². The van der Waals surface area contributed by atoms with Gasteiger partial charge in [0.15, 0.2) is 11.6 Å². The molecule has 2 aromatic carbocycles. The van der Waals surface area contributed by atoms with E-state index in [0.717, 1.165) is 56.2 Å².